The van der Waals surface area contributed by atoms with Gasteiger partial charge in [-0.15, -0.1) is 0 Å². The van der Waals surface area contributed by atoms with Crippen molar-refractivity contribution >= 4 is 5.78 Å². The number of hydrogen-bond acceptors (Lipinski definition) is 3. The fourth-order valence-corrected chi connectivity index (χ4v) is 2.87. The van der Waals surface area contributed by atoms with E-state index in [4.69, 9.17) is 4.74 Å². The van der Waals surface area contributed by atoms with Crippen LogP contribution in [0.5, 0.6) is 0 Å². The van der Waals surface area contributed by atoms with E-state index in [0.717, 1.165) is 31.2 Å². The van der Waals surface area contributed by atoms with Crippen LogP contribution in [-0.4, -0.2) is 43.5 Å². The zero-order chi connectivity index (χ0) is 15.2. The highest BCUT2D eigenvalue weighted by Crippen LogP contribution is 2.35. The summed E-state index contributed by atoms with van der Waals surface area (Å²) in [6, 6.07) is 10.2. The highest BCUT2D eigenvalue weighted by molar-refractivity contribution is 5.97. The third-order valence-electron chi connectivity index (χ3n) is 4.48. The van der Waals surface area contributed by atoms with E-state index in [1.807, 2.05) is 37.3 Å². The third kappa shape index (κ3) is 4.65. The second-order valence-electron chi connectivity index (χ2n) is 6.20. The molecule has 1 fully saturated rings. The lowest BCUT2D eigenvalue weighted by atomic mass is 9.98. The van der Waals surface area contributed by atoms with Crippen molar-refractivity contribution in [1.82, 2.24) is 4.90 Å². The Labute approximate surface area is 128 Å². The molecule has 116 valence electrons. The van der Waals surface area contributed by atoms with E-state index in [9.17, 15) is 4.79 Å². The molecule has 3 heteroatoms. The van der Waals surface area contributed by atoms with E-state index in [1.165, 1.54) is 12.8 Å². The van der Waals surface area contributed by atoms with Crippen LogP contribution in [0.25, 0.3) is 0 Å². The van der Waals surface area contributed by atoms with Crippen molar-refractivity contribution < 1.29 is 9.53 Å². The maximum atomic E-state index is 12.5. The predicted molar refractivity (Wildman–Crippen MR) is 85.6 cm³/mol. The third-order valence-corrected chi connectivity index (χ3v) is 4.48. The first kappa shape index (κ1) is 16.2. The minimum absolute atomic E-state index is 0.0189. The Balaban J connectivity index is 1.96. The lowest BCUT2D eigenvalue weighted by molar-refractivity contribution is 0.0797. The number of Topliss-reactive ketones (excluding diaryl/α,β-unsaturated/α-hetero) is 1. The van der Waals surface area contributed by atoms with Gasteiger partial charge < -0.3 is 4.74 Å². The van der Waals surface area contributed by atoms with Gasteiger partial charge in [-0.1, -0.05) is 37.3 Å². The van der Waals surface area contributed by atoms with Crippen molar-refractivity contribution in [2.75, 3.05) is 26.8 Å². The van der Waals surface area contributed by atoms with Gasteiger partial charge >= 0.3 is 0 Å². The summed E-state index contributed by atoms with van der Waals surface area (Å²) in [6.07, 6.45) is 2.65. The number of carbonyl (C=O) groups is 1. The Morgan fingerprint density at radius 3 is 2.52 bits per heavy atom. The maximum absolute atomic E-state index is 12.5. The normalized spacial score (nSPS) is 17.7. The summed E-state index contributed by atoms with van der Waals surface area (Å²) < 4.78 is 5.22. The van der Waals surface area contributed by atoms with Crippen LogP contribution >= 0.6 is 0 Å². The first-order chi connectivity index (χ1) is 10.1. The zero-order valence-electron chi connectivity index (χ0n) is 13.4. The van der Waals surface area contributed by atoms with Gasteiger partial charge in [-0.25, -0.2) is 0 Å². The maximum Gasteiger partial charge on any atom is 0.166 e. The monoisotopic (exact) mass is 289 g/mol. The number of methoxy groups -OCH3 is 1. The largest absolute Gasteiger partial charge is 0.383 e. The van der Waals surface area contributed by atoms with Crippen LogP contribution in [0, 0.1) is 11.8 Å². The summed E-state index contributed by atoms with van der Waals surface area (Å²) in [6.45, 7) is 6.76. The van der Waals surface area contributed by atoms with Gasteiger partial charge in [-0.2, -0.15) is 0 Å². The van der Waals surface area contributed by atoms with Crippen molar-refractivity contribution in [3.8, 4) is 0 Å². The molecule has 1 aliphatic carbocycles. The van der Waals surface area contributed by atoms with E-state index < -0.39 is 0 Å². The molecule has 2 atom stereocenters. The molecule has 1 aromatic carbocycles. The predicted octanol–water partition coefficient (Wildman–Crippen LogP) is 3.25. The van der Waals surface area contributed by atoms with E-state index in [-0.39, 0.29) is 11.7 Å². The SMILES string of the molecule is COCCN(CC(C)C(=O)c1ccccc1)C(C)C1CC1. The molecule has 21 heavy (non-hydrogen) atoms. The molecule has 1 aromatic rings. The van der Waals surface area contributed by atoms with Crippen LogP contribution in [0.2, 0.25) is 0 Å². The van der Waals surface area contributed by atoms with Crippen LogP contribution in [0.1, 0.15) is 37.0 Å². The minimum Gasteiger partial charge on any atom is -0.383 e. The summed E-state index contributed by atoms with van der Waals surface area (Å²) in [5.41, 5.74) is 0.816. The Morgan fingerprint density at radius 2 is 1.95 bits per heavy atom. The van der Waals surface area contributed by atoms with Crippen LogP contribution in [-0.2, 0) is 4.74 Å². The van der Waals surface area contributed by atoms with Gasteiger partial charge in [0.1, 0.15) is 0 Å². The van der Waals surface area contributed by atoms with Crippen molar-refractivity contribution in [1.29, 1.82) is 0 Å². The molecule has 1 saturated carbocycles. The first-order valence-electron chi connectivity index (χ1n) is 7.95. The standard InChI is InChI=1S/C18H27NO2/c1-14(18(20)17-7-5-4-6-8-17)13-19(11-12-21-3)15(2)16-9-10-16/h4-8,14-16H,9-13H2,1-3H3. The molecular weight excluding hydrogens is 262 g/mol. The fourth-order valence-electron chi connectivity index (χ4n) is 2.87. The summed E-state index contributed by atoms with van der Waals surface area (Å²) in [5, 5.41) is 0. The van der Waals surface area contributed by atoms with E-state index in [1.54, 1.807) is 7.11 Å². The fraction of sp³-hybridized carbons (Fsp3) is 0.611. The molecule has 0 aliphatic heterocycles. The molecular formula is C18H27NO2. The Hall–Kier alpha value is -1.19. The molecule has 1 aliphatic rings. The molecule has 0 heterocycles. The van der Waals surface area contributed by atoms with Gasteiger partial charge in [0, 0.05) is 37.7 Å². The molecule has 0 saturated heterocycles. The van der Waals surface area contributed by atoms with Gasteiger partial charge in [0.2, 0.25) is 0 Å². The second kappa shape index (κ2) is 7.71. The summed E-state index contributed by atoms with van der Waals surface area (Å²) in [4.78, 5) is 14.9. The molecule has 0 N–H and O–H groups in total. The van der Waals surface area contributed by atoms with Gasteiger partial charge in [0.25, 0.3) is 0 Å². The molecule has 0 aromatic heterocycles. The van der Waals surface area contributed by atoms with Gasteiger partial charge in [0.15, 0.2) is 5.78 Å². The van der Waals surface area contributed by atoms with E-state index in [2.05, 4.69) is 11.8 Å². The van der Waals surface area contributed by atoms with Gasteiger partial charge in [-0.05, 0) is 25.7 Å². The number of benzene rings is 1. The van der Waals surface area contributed by atoms with Crippen molar-refractivity contribution in [3.05, 3.63) is 35.9 Å². The average Bonchev–Trinajstić information content (AvgIpc) is 3.35. The van der Waals surface area contributed by atoms with Crippen molar-refractivity contribution in [2.45, 2.75) is 32.7 Å². The van der Waals surface area contributed by atoms with Gasteiger partial charge in [0.05, 0.1) is 6.61 Å². The van der Waals surface area contributed by atoms with Gasteiger partial charge in [-0.3, -0.25) is 9.69 Å². The second-order valence-corrected chi connectivity index (χ2v) is 6.20. The first-order valence-corrected chi connectivity index (χ1v) is 7.95. The number of ketones is 1. The van der Waals surface area contributed by atoms with E-state index >= 15 is 0 Å². The number of carbonyl (C=O) groups excluding carboxylic acids is 1. The average molecular weight is 289 g/mol. The Bertz CT molecular complexity index is 442. The van der Waals surface area contributed by atoms with Crippen LogP contribution < -0.4 is 0 Å². The van der Waals surface area contributed by atoms with Crippen LogP contribution in [0.4, 0.5) is 0 Å². The number of hydrogen-bond donors (Lipinski definition) is 0. The molecule has 3 nitrogen and oxygen atoms in total. The molecule has 2 rings (SSSR count). The minimum atomic E-state index is 0.0189. The smallest absolute Gasteiger partial charge is 0.166 e. The number of nitrogens with zero attached hydrogens (tertiary/aromatic N) is 1. The highest BCUT2D eigenvalue weighted by Gasteiger charge is 2.33. The lowest BCUT2D eigenvalue weighted by Crippen LogP contribution is -2.41. The lowest BCUT2D eigenvalue weighted by Gasteiger charge is -2.31. The Morgan fingerprint density at radius 1 is 1.29 bits per heavy atom. The molecule has 2 unspecified atom stereocenters. The van der Waals surface area contributed by atoms with Crippen molar-refractivity contribution in [3.63, 3.8) is 0 Å². The summed E-state index contributed by atoms with van der Waals surface area (Å²) in [5.74, 6) is 1.06. The number of ether oxygens (including phenoxy) is 1. The van der Waals surface area contributed by atoms with Crippen LogP contribution in [0.3, 0.4) is 0 Å². The summed E-state index contributed by atoms with van der Waals surface area (Å²) >= 11 is 0. The molecule has 0 spiro atoms. The topological polar surface area (TPSA) is 29.5 Å². The Kier molecular flexibility index (Phi) is 5.95. The summed E-state index contributed by atoms with van der Waals surface area (Å²) in [7, 11) is 1.73. The van der Waals surface area contributed by atoms with E-state index in [0.29, 0.717) is 6.04 Å². The van der Waals surface area contributed by atoms with Crippen molar-refractivity contribution in [2.24, 2.45) is 11.8 Å². The highest BCUT2D eigenvalue weighted by atomic mass is 16.5. The molecule has 0 bridgehead atoms. The zero-order valence-corrected chi connectivity index (χ0v) is 13.4. The van der Waals surface area contributed by atoms with Crippen LogP contribution in [0.15, 0.2) is 30.3 Å². The molecule has 0 amide bonds. The quantitative estimate of drug-likeness (QED) is 0.654. The molecule has 0 radical (unpaired) electrons. The number of rotatable bonds is 9.